The van der Waals surface area contributed by atoms with Crippen molar-refractivity contribution in [1.82, 2.24) is 9.97 Å². The maximum atomic E-state index is 4.84. The minimum Gasteiger partial charge on any atom is -0.354 e. The van der Waals surface area contributed by atoms with Crippen LogP contribution in [0.1, 0.15) is 0 Å². The molecular weight excluding hydrogens is 712 g/mol. The van der Waals surface area contributed by atoms with Gasteiger partial charge in [0.1, 0.15) is 0 Å². The number of para-hydroxylation sites is 2. The molecule has 1 aromatic heterocycles. The van der Waals surface area contributed by atoms with Crippen LogP contribution in [-0.4, -0.2) is 9.97 Å². The zero-order valence-corrected chi connectivity index (χ0v) is 32.2. The van der Waals surface area contributed by atoms with E-state index in [1.165, 1.54) is 11.1 Å². The van der Waals surface area contributed by atoms with Gasteiger partial charge in [-0.3, -0.25) is 0 Å². The molecule has 0 radical (unpaired) electrons. The molecule has 1 unspecified atom stereocenters. The van der Waals surface area contributed by atoms with E-state index in [4.69, 9.17) is 9.97 Å². The summed E-state index contributed by atoms with van der Waals surface area (Å²) >= 11 is 0. The number of nitrogens with zero attached hydrogens (tertiary/aromatic N) is 3. The predicted octanol–water partition coefficient (Wildman–Crippen LogP) is 13.6. The third-order valence-corrected chi connectivity index (χ3v) is 11.1. The van der Waals surface area contributed by atoms with Gasteiger partial charge < -0.3 is 9.99 Å². The van der Waals surface area contributed by atoms with Gasteiger partial charge in [-0.2, -0.15) is 0 Å². The normalized spacial score (nSPS) is 11.1. The minimum absolute atomic E-state index is 0.188. The first-order valence-corrected chi connectivity index (χ1v) is 20.0. The number of nitrogens with one attached hydrogen (secondary N) is 1. The van der Waals surface area contributed by atoms with Gasteiger partial charge in [-0.1, -0.05) is 164 Å². The SMILES string of the molecule is c1ccc(-c2cc(Nc3ccccc3N(Pc3cnc(-c4ccccc4)nc3)c3cc(-c4ccccc4)cc(-c4ccccc4)c3)cc(-c3ccccc3)c2)cc1. The highest BCUT2D eigenvalue weighted by atomic mass is 31.1. The van der Waals surface area contributed by atoms with Gasteiger partial charge in [0.25, 0.3) is 0 Å². The number of hydrogen-bond acceptors (Lipinski definition) is 4. The van der Waals surface area contributed by atoms with Crippen molar-refractivity contribution in [3.05, 3.63) is 225 Å². The highest BCUT2D eigenvalue weighted by Gasteiger charge is 2.19. The third kappa shape index (κ3) is 8.28. The van der Waals surface area contributed by atoms with E-state index >= 15 is 0 Å². The summed E-state index contributed by atoms with van der Waals surface area (Å²) in [6.45, 7) is 0. The number of rotatable bonds is 11. The van der Waals surface area contributed by atoms with Gasteiger partial charge in [0.15, 0.2) is 5.82 Å². The summed E-state index contributed by atoms with van der Waals surface area (Å²) in [7, 11) is 0.188. The summed E-state index contributed by atoms with van der Waals surface area (Å²) < 4.78 is 2.40. The number of benzene rings is 8. The second kappa shape index (κ2) is 16.7. The zero-order valence-electron chi connectivity index (χ0n) is 31.2. The Kier molecular flexibility index (Phi) is 10.4. The minimum atomic E-state index is 0.188. The molecule has 9 rings (SSSR count). The summed E-state index contributed by atoms with van der Waals surface area (Å²) in [5.41, 5.74) is 14.3. The molecule has 0 aliphatic rings. The summed E-state index contributed by atoms with van der Waals surface area (Å²) in [6.07, 6.45) is 3.93. The van der Waals surface area contributed by atoms with E-state index in [0.717, 1.165) is 67.0 Å². The van der Waals surface area contributed by atoms with Crippen molar-refractivity contribution < 1.29 is 0 Å². The van der Waals surface area contributed by atoms with Crippen LogP contribution in [-0.2, 0) is 0 Å². The molecule has 0 spiro atoms. The highest BCUT2D eigenvalue weighted by molar-refractivity contribution is 7.49. The van der Waals surface area contributed by atoms with Crippen molar-refractivity contribution in [2.45, 2.75) is 0 Å². The topological polar surface area (TPSA) is 41.0 Å². The van der Waals surface area contributed by atoms with Crippen LogP contribution < -0.4 is 15.3 Å². The van der Waals surface area contributed by atoms with Crippen LogP contribution in [0.5, 0.6) is 0 Å². The molecule has 5 heteroatoms. The molecule has 57 heavy (non-hydrogen) atoms. The highest BCUT2D eigenvalue weighted by Crippen LogP contribution is 2.44. The molecule has 1 atom stereocenters. The van der Waals surface area contributed by atoms with Crippen LogP contribution >= 0.6 is 8.73 Å². The Hall–Kier alpha value is -7.13. The van der Waals surface area contributed by atoms with Crippen molar-refractivity contribution in [3.8, 4) is 55.9 Å². The number of aromatic nitrogens is 2. The van der Waals surface area contributed by atoms with Crippen molar-refractivity contribution >= 4 is 36.8 Å². The number of hydrogen-bond donors (Lipinski definition) is 1. The van der Waals surface area contributed by atoms with Crippen LogP contribution in [0.4, 0.5) is 22.7 Å². The molecular formula is C52H39N4P. The lowest BCUT2D eigenvalue weighted by molar-refractivity contribution is 1.19. The molecule has 1 N–H and O–H groups in total. The third-order valence-electron chi connectivity index (χ3n) is 9.89. The first-order valence-electron chi connectivity index (χ1n) is 19.1. The Morgan fingerprint density at radius 3 is 1.21 bits per heavy atom. The van der Waals surface area contributed by atoms with Gasteiger partial charge in [-0.05, 0) is 93.0 Å². The van der Waals surface area contributed by atoms with Crippen molar-refractivity contribution in [2.75, 3.05) is 9.99 Å². The molecule has 1 heterocycles. The molecule has 0 fully saturated rings. The van der Waals surface area contributed by atoms with E-state index < -0.39 is 0 Å². The summed E-state index contributed by atoms with van der Waals surface area (Å²) in [5, 5.41) is 4.91. The Balaban J connectivity index is 1.18. The Labute approximate surface area is 336 Å². The fourth-order valence-corrected chi connectivity index (χ4v) is 8.15. The van der Waals surface area contributed by atoms with Crippen LogP contribution in [0.15, 0.2) is 225 Å². The Morgan fingerprint density at radius 2 is 0.754 bits per heavy atom. The maximum Gasteiger partial charge on any atom is 0.159 e. The zero-order chi connectivity index (χ0) is 38.2. The molecule has 272 valence electrons. The van der Waals surface area contributed by atoms with E-state index in [1.54, 1.807) is 0 Å². The molecule has 8 aromatic carbocycles. The summed E-state index contributed by atoms with van der Waals surface area (Å²) in [6, 6.07) is 74.7. The van der Waals surface area contributed by atoms with E-state index in [2.05, 4.69) is 192 Å². The molecule has 0 saturated heterocycles. The molecule has 0 aliphatic carbocycles. The van der Waals surface area contributed by atoms with Crippen molar-refractivity contribution in [2.24, 2.45) is 0 Å². The molecule has 0 amide bonds. The second-order valence-electron chi connectivity index (χ2n) is 13.8. The van der Waals surface area contributed by atoms with E-state index in [0.29, 0.717) is 5.82 Å². The summed E-state index contributed by atoms with van der Waals surface area (Å²) in [4.78, 5) is 9.68. The number of anilines is 4. The fraction of sp³-hybridized carbons (Fsp3) is 0. The van der Waals surface area contributed by atoms with Crippen LogP contribution in [0.3, 0.4) is 0 Å². The molecule has 0 aliphatic heterocycles. The first-order chi connectivity index (χ1) is 28.2. The average Bonchev–Trinajstić information content (AvgIpc) is 3.30. The first kappa shape index (κ1) is 35.6. The molecule has 4 nitrogen and oxygen atoms in total. The molecule has 0 bridgehead atoms. The van der Waals surface area contributed by atoms with Crippen molar-refractivity contribution in [1.29, 1.82) is 0 Å². The lowest BCUT2D eigenvalue weighted by atomic mass is 9.97. The Morgan fingerprint density at radius 1 is 0.368 bits per heavy atom. The standard InChI is InChI=1S/C52H39N4P/c1-6-18-38(19-7-1)43-30-44(39-20-8-2-9-21-39)33-47(32-43)55-50-28-16-17-29-51(50)56(57-49-36-53-52(54-37-49)42-26-14-5-15-27-42)48-34-45(40-22-10-3-11-23-40)31-46(35-48)41-24-12-4-13-25-41/h1-37,55,57H. The van der Waals surface area contributed by atoms with E-state index in [-0.39, 0.29) is 8.73 Å². The van der Waals surface area contributed by atoms with E-state index in [9.17, 15) is 0 Å². The lowest BCUT2D eigenvalue weighted by Gasteiger charge is -2.28. The average molecular weight is 751 g/mol. The van der Waals surface area contributed by atoms with Gasteiger partial charge in [0, 0.05) is 43.4 Å². The largest absolute Gasteiger partial charge is 0.354 e. The van der Waals surface area contributed by atoms with Gasteiger partial charge >= 0.3 is 0 Å². The van der Waals surface area contributed by atoms with Gasteiger partial charge in [0.2, 0.25) is 0 Å². The van der Waals surface area contributed by atoms with Crippen LogP contribution in [0, 0.1) is 0 Å². The monoisotopic (exact) mass is 750 g/mol. The van der Waals surface area contributed by atoms with Crippen LogP contribution in [0.25, 0.3) is 55.9 Å². The van der Waals surface area contributed by atoms with E-state index in [1.807, 2.05) is 42.7 Å². The lowest BCUT2D eigenvalue weighted by Crippen LogP contribution is -2.14. The second-order valence-corrected chi connectivity index (χ2v) is 15.0. The maximum absolute atomic E-state index is 4.84. The quantitative estimate of drug-likeness (QED) is 0.134. The van der Waals surface area contributed by atoms with Gasteiger partial charge in [-0.25, -0.2) is 9.97 Å². The van der Waals surface area contributed by atoms with Crippen LogP contribution in [0.2, 0.25) is 0 Å². The smallest absolute Gasteiger partial charge is 0.159 e. The van der Waals surface area contributed by atoms with Crippen molar-refractivity contribution in [3.63, 3.8) is 0 Å². The fourth-order valence-electron chi connectivity index (χ4n) is 7.07. The predicted molar refractivity (Wildman–Crippen MR) is 242 cm³/mol. The van der Waals surface area contributed by atoms with Gasteiger partial charge in [-0.15, -0.1) is 0 Å². The van der Waals surface area contributed by atoms with Gasteiger partial charge in [0.05, 0.1) is 11.4 Å². The Bertz CT molecular complexity index is 2590. The summed E-state index contributed by atoms with van der Waals surface area (Å²) in [5.74, 6) is 0.711. The molecule has 9 aromatic rings. The molecule has 0 saturated carbocycles.